The minimum Gasteiger partial charge on any atom is -0.479 e. The summed E-state index contributed by atoms with van der Waals surface area (Å²) in [5, 5.41) is 30.7. The number of carbonyl (C=O) groups excluding carboxylic acids is 1. The Morgan fingerprint density at radius 2 is 1.89 bits per heavy atom. The number of aliphatic hydroxyl groups excluding tert-OH is 1. The van der Waals surface area contributed by atoms with Crippen LogP contribution in [0.1, 0.15) is 11.1 Å². The Balaban J connectivity index is 2.33. The highest BCUT2D eigenvalue weighted by molar-refractivity contribution is 5.76. The summed E-state index contributed by atoms with van der Waals surface area (Å²) < 4.78 is 0. The van der Waals surface area contributed by atoms with Gasteiger partial charge in [-0.2, -0.15) is 5.26 Å². The Hall–Kier alpha value is -2.59. The van der Waals surface area contributed by atoms with Gasteiger partial charge in [-0.1, -0.05) is 12.1 Å². The molecule has 0 saturated carbocycles. The maximum atomic E-state index is 11.3. The van der Waals surface area contributed by atoms with E-state index in [0.717, 1.165) is 5.56 Å². The number of carbonyl (C=O) groups is 2. The van der Waals surface area contributed by atoms with Crippen LogP contribution in [0.5, 0.6) is 0 Å². The Bertz CT molecular complexity index is 493. The highest BCUT2D eigenvalue weighted by Crippen LogP contribution is 2.02. The molecule has 0 unspecified atom stereocenters. The molecule has 0 saturated heterocycles. The average Bonchev–Trinajstić information content (AvgIpc) is 2.42. The topological polar surface area (TPSA) is 122 Å². The summed E-state index contributed by atoms with van der Waals surface area (Å²) in [7, 11) is 0. The molecule has 1 aromatic rings. The van der Waals surface area contributed by atoms with Crippen molar-refractivity contribution in [1.29, 1.82) is 5.26 Å². The first-order chi connectivity index (χ1) is 9.02. The molecular formula is C12H13N3O4. The van der Waals surface area contributed by atoms with Gasteiger partial charge in [-0.25, -0.2) is 9.59 Å². The van der Waals surface area contributed by atoms with E-state index in [1.807, 2.05) is 6.07 Å². The number of urea groups is 1. The molecule has 1 atom stereocenters. The number of nitrogens with zero attached hydrogens (tertiary/aromatic N) is 1. The fraction of sp³-hybridized carbons (Fsp3) is 0.250. The molecule has 19 heavy (non-hydrogen) atoms. The molecule has 100 valence electrons. The molecule has 0 aromatic heterocycles. The molecule has 1 rings (SSSR count). The van der Waals surface area contributed by atoms with Gasteiger partial charge in [0.05, 0.1) is 18.2 Å². The van der Waals surface area contributed by atoms with E-state index in [0.29, 0.717) is 5.56 Å². The third-order valence-corrected chi connectivity index (χ3v) is 2.28. The summed E-state index contributed by atoms with van der Waals surface area (Å²) in [4.78, 5) is 21.6. The number of benzene rings is 1. The van der Waals surface area contributed by atoms with Gasteiger partial charge in [-0.05, 0) is 17.7 Å². The van der Waals surface area contributed by atoms with E-state index in [1.54, 1.807) is 24.3 Å². The van der Waals surface area contributed by atoms with Crippen LogP contribution in [0.15, 0.2) is 24.3 Å². The van der Waals surface area contributed by atoms with Gasteiger partial charge < -0.3 is 20.8 Å². The van der Waals surface area contributed by atoms with E-state index < -0.39 is 18.1 Å². The molecule has 0 spiro atoms. The normalized spacial score (nSPS) is 11.2. The molecule has 0 aliphatic carbocycles. The molecule has 1 aromatic carbocycles. The average molecular weight is 263 g/mol. The maximum absolute atomic E-state index is 11.3. The second-order valence-corrected chi connectivity index (χ2v) is 3.73. The van der Waals surface area contributed by atoms with E-state index in [4.69, 9.17) is 15.5 Å². The summed E-state index contributed by atoms with van der Waals surface area (Å²) in [5.74, 6) is -1.40. The highest BCUT2D eigenvalue weighted by Gasteiger charge is 2.13. The highest BCUT2D eigenvalue weighted by atomic mass is 16.4. The van der Waals surface area contributed by atoms with Crippen molar-refractivity contribution >= 4 is 12.0 Å². The van der Waals surface area contributed by atoms with Gasteiger partial charge >= 0.3 is 12.0 Å². The first-order valence-electron chi connectivity index (χ1n) is 5.44. The summed E-state index contributed by atoms with van der Waals surface area (Å²) in [5.41, 5.74) is 1.32. The number of hydrogen-bond donors (Lipinski definition) is 4. The van der Waals surface area contributed by atoms with Crippen LogP contribution in [0.25, 0.3) is 0 Å². The number of nitriles is 1. The largest absolute Gasteiger partial charge is 0.479 e. The molecule has 0 aliphatic heterocycles. The monoisotopic (exact) mass is 263 g/mol. The number of carboxylic acid groups (broad SMARTS) is 1. The minimum absolute atomic E-state index is 0.237. The van der Waals surface area contributed by atoms with E-state index in [9.17, 15) is 9.59 Å². The van der Waals surface area contributed by atoms with Gasteiger partial charge in [0.2, 0.25) is 0 Å². The van der Waals surface area contributed by atoms with Crippen molar-refractivity contribution in [2.75, 3.05) is 6.54 Å². The first-order valence-corrected chi connectivity index (χ1v) is 5.44. The molecule has 0 heterocycles. The lowest BCUT2D eigenvalue weighted by atomic mass is 10.1. The van der Waals surface area contributed by atoms with Crippen LogP contribution in [-0.2, 0) is 11.3 Å². The summed E-state index contributed by atoms with van der Waals surface area (Å²) in [6.45, 7) is -0.130. The van der Waals surface area contributed by atoms with Crippen molar-refractivity contribution in [2.24, 2.45) is 0 Å². The Morgan fingerprint density at radius 3 is 2.42 bits per heavy atom. The lowest BCUT2D eigenvalue weighted by Gasteiger charge is -2.09. The predicted octanol–water partition coefficient (Wildman–Crippen LogP) is -0.197. The Morgan fingerprint density at radius 1 is 1.26 bits per heavy atom. The van der Waals surface area contributed by atoms with Crippen molar-refractivity contribution in [3.8, 4) is 6.07 Å². The molecular weight excluding hydrogens is 250 g/mol. The van der Waals surface area contributed by atoms with Gasteiger partial charge in [-0.3, -0.25) is 0 Å². The van der Waals surface area contributed by atoms with E-state index >= 15 is 0 Å². The summed E-state index contributed by atoms with van der Waals surface area (Å²) in [6, 6.07) is 8.06. The van der Waals surface area contributed by atoms with Crippen molar-refractivity contribution in [3.05, 3.63) is 35.4 Å². The summed E-state index contributed by atoms with van der Waals surface area (Å²) >= 11 is 0. The van der Waals surface area contributed by atoms with Crippen LogP contribution < -0.4 is 10.6 Å². The number of nitrogens with one attached hydrogen (secondary N) is 2. The van der Waals surface area contributed by atoms with Crippen molar-refractivity contribution < 1.29 is 19.8 Å². The number of hydrogen-bond acceptors (Lipinski definition) is 4. The van der Waals surface area contributed by atoms with Crippen molar-refractivity contribution in [3.63, 3.8) is 0 Å². The van der Waals surface area contributed by atoms with Gasteiger partial charge in [-0.15, -0.1) is 0 Å². The number of carboxylic acids is 1. The third kappa shape index (κ3) is 5.06. The zero-order valence-electron chi connectivity index (χ0n) is 9.96. The van der Waals surface area contributed by atoms with Crippen LogP contribution >= 0.6 is 0 Å². The lowest BCUT2D eigenvalue weighted by molar-refractivity contribution is -0.146. The number of rotatable bonds is 5. The Labute approximate surface area is 109 Å². The summed E-state index contributed by atoms with van der Waals surface area (Å²) in [6.07, 6.45) is -1.62. The lowest BCUT2D eigenvalue weighted by Crippen LogP contribution is -2.41. The van der Waals surface area contributed by atoms with Gasteiger partial charge in [0, 0.05) is 6.54 Å². The standard InChI is InChI=1S/C12H13N3O4/c13-5-8-1-3-9(4-2-8)6-14-12(19)15-7-10(16)11(17)18/h1-4,10,16H,6-7H2,(H,17,18)(H2,14,15,19)/t10-/m0/s1. The van der Waals surface area contributed by atoms with E-state index in [-0.39, 0.29) is 13.1 Å². The number of aliphatic carboxylic acids is 1. The molecule has 7 heteroatoms. The SMILES string of the molecule is N#Cc1ccc(CNC(=O)NC[C@H](O)C(=O)O)cc1. The quantitative estimate of drug-likeness (QED) is 0.586. The fourth-order valence-electron chi connectivity index (χ4n) is 1.22. The molecule has 0 radical (unpaired) electrons. The smallest absolute Gasteiger partial charge is 0.334 e. The van der Waals surface area contributed by atoms with Crippen LogP contribution in [0.3, 0.4) is 0 Å². The van der Waals surface area contributed by atoms with Gasteiger partial charge in [0.1, 0.15) is 0 Å². The fourth-order valence-corrected chi connectivity index (χ4v) is 1.22. The predicted molar refractivity (Wildman–Crippen MR) is 65.0 cm³/mol. The van der Waals surface area contributed by atoms with Gasteiger partial charge in [0.25, 0.3) is 0 Å². The minimum atomic E-state index is -1.62. The van der Waals surface area contributed by atoms with Crippen LogP contribution in [0.2, 0.25) is 0 Å². The molecule has 7 nitrogen and oxygen atoms in total. The number of amides is 2. The second-order valence-electron chi connectivity index (χ2n) is 3.73. The number of aliphatic hydroxyl groups is 1. The van der Waals surface area contributed by atoms with E-state index in [1.165, 1.54) is 0 Å². The zero-order valence-corrected chi connectivity index (χ0v) is 9.96. The first kappa shape index (κ1) is 14.5. The van der Waals surface area contributed by atoms with Crippen molar-refractivity contribution in [1.82, 2.24) is 10.6 Å². The van der Waals surface area contributed by atoms with Crippen LogP contribution in [-0.4, -0.2) is 34.9 Å². The Kier molecular flexibility index (Phi) is 5.32. The van der Waals surface area contributed by atoms with E-state index in [2.05, 4.69) is 10.6 Å². The van der Waals surface area contributed by atoms with Crippen LogP contribution in [0.4, 0.5) is 4.79 Å². The molecule has 0 fully saturated rings. The molecule has 0 bridgehead atoms. The zero-order chi connectivity index (χ0) is 14.3. The molecule has 4 N–H and O–H groups in total. The molecule has 2 amide bonds. The maximum Gasteiger partial charge on any atom is 0.334 e. The second kappa shape index (κ2) is 6.98. The molecule has 0 aliphatic rings. The third-order valence-electron chi connectivity index (χ3n) is 2.28. The van der Waals surface area contributed by atoms with Crippen molar-refractivity contribution in [2.45, 2.75) is 12.6 Å². The van der Waals surface area contributed by atoms with Gasteiger partial charge in [0.15, 0.2) is 6.10 Å². The van der Waals surface area contributed by atoms with Crippen LogP contribution in [0, 0.1) is 11.3 Å².